The monoisotopic (exact) mass is 207 g/mol. The highest BCUT2D eigenvalue weighted by molar-refractivity contribution is 6.06. The summed E-state index contributed by atoms with van der Waals surface area (Å²) in [6.07, 6.45) is 4.99. The summed E-state index contributed by atoms with van der Waals surface area (Å²) in [6, 6.07) is 0. The van der Waals surface area contributed by atoms with Crippen molar-refractivity contribution in [3.8, 4) is 0 Å². The van der Waals surface area contributed by atoms with Crippen molar-refractivity contribution >= 4 is 11.8 Å². The minimum atomic E-state index is 0.572. The quantitative estimate of drug-likeness (QED) is 0.367. The molecule has 0 aliphatic carbocycles. The molecule has 0 amide bonds. The minimum absolute atomic E-state index is 0.572. The number of hydrogen-bond donors (Lipinski definition) is 1. The third kappa shape index (κ3) is 8.54. The van der Waals surface area contributed by atoms with Gasteiger partial charge in [0.15, 0.2) is 11.8 Å². The first-order valence-electron chi connectivity index (χ1n) is 5.37. The number of quaternary nitrogens is 1. The molecule has 1 unspecified atom stereocenters. The van der Waals surface area contributed by atoms with Crippen LogP contribution in [-0.4, -0.2) is 30.8 Å². The Morgan fingerprint density at radius 3 is 2.38 bits per heavy atom. The Balaban J connectivity index is 3.29. The molecule has 0 saturated heterocycles. The maximum atomic E-state index is 6.22. The maximum Gasteiger partial charge on any atom is 0.166 e. The van der Waals surface area contributed by atoms with E-state index in [9.17, 15) is 0 Å². The number of unbranched alkanes of at least 4 members (excludes halogenated alkanes) is 2. The van der Waals surface area contributed by atoms with Gasteiger partial charge >= 0.3 is 0 Å². The largest absolute Gasteiger partial charge is 0.269 e. The Hall–Kier alpha value is 0.210. The summed E-state index contributed by atoms with van der Waals surface area (Å²) in [5, 5.41) is 3.39. The highest BCUT2D eigenvalue weighted by Gasteiger charge is 2.16. The number of nitrogens with one attached hydrogen (secondary N) is 1. The molecule has 1 N–H and O–H groups in total. The first-order valence-corrected chi connectivity index (χ1v) is 5.71. The van der Waals surface area contributed by atoms with Gasteiger partial charge in [-0.3, -0.25) is 5.32 Å². The number of hydrogen-bond acceptors (Lipinski definition) is 1. The maximum absolute atomic E-state index is 6.22. The first-order chi connectivity index (χ1) is 6.12. The van der Waals surface area contributed by atoms with Crippen molar-refractivity contribution in [3.63, 3.8) is 0 Å². The lowest BCUT2D eigenvalue weighted by atomic mass is 10.2. The summed E-state index contributed by atoms with van der Waals surface area (Å²) in [5.41, 5.74) is 0. The summed E-state index contributed by atoms with van der Waals surface area (Å²) in [5.74, 6) is 0. The van der Waals surface area contributed by atoms with Gasteiger partial charge in [0.1, 0.15) is 6.67 Å². The normalized spacial score (nSPS) is 15.7. The van der Waals surface area contributed by atoms with Crippen LogP contribution >= 0.6 is 11.8 Å². The van der Waals surface area contributed by atoms with Gasteiger partial charge in [0, 0.05) is 6.54 Å². The van der Waals surface area contributed by atoms with Crippen LogP contribution < -0.4 is 5.32 Å². The molecule has 0 rings (SSSR count). The van der Waals surface area contributed by atoms with Gasteiger partial charge in [-0.25, -0.2) is 4.00 Å². The summed E-state index contributed by atoms with van der Waals surface area (Å²) in [6.45, 7) is 7.38. The predicted molar refractivity (Wildman–Crippen MR) is 59.6 cm³/mol. The van der Waals surface area contributed by atoms with Gasteiger partial charge in [-0.15, -0.1) is 0 Å². The van der Waals surface area contributed by atoms with E-state index in [1.807, 2.05) is 0 Å². The third-order valence-electron chi connectivity index (χ3n) is 2.09. The Morgan fingerprint density at radius 1 is 1.15 bits per heavy atom. The molecule has 0 spiro atoms. The Morgan fingerprint density at radius 2 is 1.85 bits per heavy atom. The van der Waals surface area contributed by atoms with Crippen LogP contribution in [0.15, 0.2) is 0 Å². The highest BCUT2D eigenvalue weighted by Crippen LogP contribution is 2.06. The van der Waals surface area contributed by atoms with Gasteiger partial charge in [-0.05, 0) is 12.8 Å². The fourth-order valence-corrected chi connectivity index (χ4v) is 1.61. The molecule has 0 aliphatic heterocycles. The van der Waals surface area contributed by atoms with E-state index in [-0.39, 0.29) is 0 Å². The van der Waals surface area contributed by atoms with Crippen molar-refractivity contribution in [1.82, 2.24) is 5.32 Å². The number of halogens is 1. The van der Waals surface area contributed by atoms with E-state index in [2.05, 4.69) is 26.2 Å². The second-order valence-electron chi connectivity index (χ2n) is 3.85. The third-order valence-corrected chi connectivity index (χ3v) is 2.38. The van der Waals surface area contributed by atoms with Gasteiger partial charge in [0.25, 0.3) is 0 Å². The van der Waals surface area contributed by atoms with Crippen molar-refractivity contribution in [2.45, 2.75) is 39.5 Å². The molecule has 0 bridgehead atoms. The van der Waals surface area contributed by atoms with Crippen LogP contribution in [0.2, 0.25) is 0 Å². The van der Waals surface area contributed by atoms with E-state index in [1.165, 1.54) is 19.3 Å². The zero-order chi connectivity index (χ0) is 10.2. The van der Waals surface area contributed by atoms with E-state index in [0.717, 1.165) is 26.2 Å². The summed E-state index contributed by atoms with van der Waals surface area (Å²) >= 11 is 6.22. The van der Waals surface area contributed by atoms with Gasteiger partial charge < -0.3 is 0 Å². The van der Waals surface area contributed by atoms with Crippen molar-refractivity contribution in [2.75, 3.05) is 26.8 Å². The lowest BCUT2D eigenvalue weighted by Gasteiger charge is -2.23. The molecular weight excluding hydrogens is 184 g/mol. The SMILES string of the molecule is CCCCCNC[N+](C)(Cl)CCC. The predicted octanol–water partition coefficient (Wildman–Crippen LogP) is 2.73. The van der Waals surface area contributed by atoms with Gasteiger partial charge in [-0.2, -0.15) is 0 Å². The Bertz CT molecular complexity index is 115. The lowest BCUT2D eigenvalue weighted by molar-refractivity contribution is -0.797. The first kappa shape index (κ1) is 13.2. The molecule has 0 heterocycles. The smallest absolute Gasteiger partial charge is 0.166 e. The van der Waals surface area contributed by atoms with Gasteiger partial charge in [0.05, 0.1) is 13.6 Å². The molecule has 0 fully saturated rings. The molecule has 0 radical (unpaired) electrons. The Kier molecular flexibility index (Phi) is 7.72. The van der Waals surface area contributed by atoms with E-state index >= 15 is 0 Å². The van der Waals surface area contributed by atoms with E-state index in [0.29, 0.717) is 4.00 Å². The zero-order valence-corrected chi connectivity index (χ0v) is 10.0. The molecule has 0 aliphatic rings. The molecule has 0 aromatic heterocycles. The van der Waals surface area contributed by atoms with Crippen molar-refractivity contribution < 1.29 is 4.00 Å². The standard InChI is InChI=1S/C10H24ClN2/c1-4-6-7-8-12-10-13(3,11)9-5-2/h12H,4-10H2,1-3H3/q+1. The molecular formula is C10H24ClN2+. The molecule has 2 nitrogen and oxygen atoms in total. The number of rotatable bonds is 8. The summed E-state index contributed by atoms with van der Waals surface area (Å²) < 4.78 is 0.572. The van der Waals surface area contributed by atoms with Gasteiger partial charge in [-0.1, -0.05) is 26.7 Å². The van der Waals surface area contributed by atoms with Crippen LogP contribution in [-0.2, 0) is 0 Å². The highest BCUT2D eigenvalue weighted by atomic mass is 35.5. The van der Waals surface area contributed by atoms with Crippen LogP contribution in [0, 0.1) is 0 Å². The van der Waals surface area contributed by atoms with E-state index in [1.54, 1.807) is 0 Å². The molecule has 80 valence electrons. The van der Waals surface area contributed by atoms with Crippen LogP contribution in [0.5, 0.6) is 0 Å². The number of nitrogens with zero attached hydrogens (tertiary/aromatic N) is 1. The summed E-state index contributed by atoms with van der Waals surface area (Å²) in [7, 11) is 2.05. The second kappa shape index (κ2) is 7.60. The lowest BCUT2D eigenvalue weighted by Crippen LogP contribution is -2.42. The molecule has 3 heteroatoms. The van der Waals surface area contributed by atoms with Crippen molar-refractivity contribution in [1.29, 1.82) is 0 Å². The van der Waals surface area contributed by atoms with Crippen LogP contribution in [0.25, 0.3) is 0 Å². The van der Waals surface area contributed by atoms with Crippen molar-refractivity contribution in [3.05, 3.63) is 0 Å². The fourth-order valence-electron chi connectivity index (χ4n) is 1.36. The molecule has 13 heavy (non-hydrogen) atoms. The Labute approximate surface area is 88.0 Å². The second-order valence-corrected chi connectivity index (χ2v) is 4.67. The van der Waals surface area contributed by atoms with Crippen molar-refractivity contribution in [2.24, 2.45) is 0 Å². The van der Waals surface area contributed by atoms with E-state index < -0.39 is 0 Å². The van der Waals surface area contributed by atoms with Gasteiger partial charge in [0.2, 0.25) is 0 Å². The minimum Gasteiger partial charge on any atom is -0.269 e. The summed E-state index contributed by atoms with van der Waals surface area (Å²) in [4.78, 5) is 0. The average Bonchev–Trinajstić information content (AvgIpc) is 2.04. The average molecular weight is 208 g/mol. The zero-order valence-electron chi connectivity index (χ0n) is 9.27. The fraction of sp³-hybridized carbons (Fsp3) is 1.00. The molecule has 0 aromatic carbocycles. The van der Waals surface area contributed by atoms with Crippen LogP contribution in [0.4, 0.5) is 0 Å². The van der Waals surface area contributed by atoms with Crippen LogP contribution in [0.3, 0.4) is 0 Å². The van der Waals surface area contributed by atoms with E-state index in [4.69, 9.17) is 11.8 Å². The topological polar surface area (TPSA) is 12.0 Å². The van der Waals surface area contributed by atoms with Crippen LogP contribution in [0.1, 0.15) is 39.5 Å². The molecule has 1 atom stereocenters. The molecule has 0 saturated carbocycles. The molecule has 0 aromatic rings.